The molecular weight excluding hydrogens is 334 g/mol. The van der Waals surface area contributed by atoms with E-state index in [9.17, 15) is 0 Å². The molecule has 27 heavy (non-hydrogen) atoms. The van der Waals surface area contributed by atoms with Gasteiger partial charge >= 0.3 is 0 Å². The van der Waals surface area contributed by atoms with Gasteiger partial charge in [-0.15, -0.1) is 0 Å². The van der Waals surface area contributed by atoms with Crippen LogP contribution in [-0.2, 0) is 13.1 Å². The molecule has 4 nitrogen and oxygen atoms in total. The summed E-state index contributed by atoms with van der Waals surface area (Å²) in [4.78, 5) is 7.89. The summed E-state index contributed by atoms with van der Waals surface area (Å²) in [6.07, 6.45) is 0. The summed E-state index contributed by atoms with van der Waals surface area (Å²) in [6, 6.07) is 18.5. The number of anilines is 1. The van der Waals surface area contributed by atoms with Crippen LogP contribution in [-0.4, -0.2) is 55.2 Å². The van der Waals surface area contributed by atoms with Crippen molar-refractivity contribution < 1.29 is 4.74 Å². The van der Waals surface area contributed by atoms with E-state index in [2.05, 4.69) is 77.1 Å². The minimum atomic E-state index is 0.517. The van der Waals surface area contributed by atoms with Crippen molar-refractivity contribution in [2.24, 2.45) is 0 Å². The van der Waals surface area contributed by atoms with Gasteiger partial charge in [0.05, 0.1) is 7.11 Å². The third-order valence-corrected chi connectivity index (χ3v) is 5.96. The zero-order valence-electron chi connectivity index (χ0n) is 16.8. The minimum absolute atomic E-state index is 0.517. The lowest BCUT2D eigenvalue weighted by atomic mass is 10.1. The first-order valence-corrected chi connectivity index (χ1v) is 10.1. The highest BCUT2D eigenvalue weighted by Crippen LogP contribution is 2.30. The first-order chi connectivity index (χ1) is 13.1. The van der Waals surface area contributed by atoms with E-state index in [4.69, 9.17) is 4.74 Å². The Morgan fingerprint density at radius 2 is 1.78 bits per heavy atom. The molecular formula is C23H31N3O. The number of methoxy groups -OCH3 is 1. The normalized spacial score (nSPS) is 20.9. The van der Waals surface area contributed by atoms with Crippen molar-refractivity contribution in [1.29, 1.82) is 0 Å². The predicted molar refractivity (Wildman–Crippen MR) is 111 cm³/mol. The molecule has 1 unspecified atom stereocenters. The molecule has 0 bridgehead atoms. The molecule has 1 atom stereocenters. The van der Waals surface area contributed by atoms with Gasteiger partial charge in [-0.25, -0.2) is 0 Å². The Balaban J connectivity index is 1.48. The Morgan fingerprint density at radius 1 is 1.00 bits per heavy atom. The molecule has 0 spiro atoms. The SMILES string of the molecule is COc1ccc(CN2CCN3Cc4ccccc4N(C(C)C)CC3C2)cc1. The largest absolute Gasteiger partial charge is 0.497 e. The fourth-order valence-corrected chi connectivity index (χ4v) is 4.43. The number of para-hydroxylation sites is 1. The average Bonchev–Trinajstić information content (AvgIpc) is 2.85. The molecule has 0 amide bonds. The molecule has 2 aromatic carbocycles. The van der Waals surface area contributed by atoms with E-state index in [0.29, 0.717) is 12.1 Å². The summed E-state index contributed by atoms with van der Waals surface area (Å²) in [5, 5.41) is 0. The molecule has 2 aliphatic heterocycles. The van der Waals surface area contributed by atoms with Crippen LogP contribution in [0.15, 0.2) is 48.5 Å². The lowest BCUT2D eigenvalue weighted by molar-refractivity contribution is 0.0696. The van der Waals surface area contributed by atoms with E-state index in [0.717, 1.165) is 45.0 Å². The summed E-state index contributed by atoms with van der Waals surface area (Å²) in [7, 11) is 1.72. The van der Waals surface area contributed by atoms with Crippen LogP contribution in [0.5, 0.6) is 5.75 Å². The van der Waals surface area contributed by atoms with Crippen molar-refractivity contribution in [3.05, 3.63) is 59.7 Å². The Hall–Kier alpha value is -2.04. The van der Waals surface area contributed by atoms with Crippen LogP contribution in [0.3, 0.4) is 0 Å². The summed E-state index contributed by atoms with van der Waals surface area (Å²) in [5.74, 6) is 0.928. The Labute approximate surface area is 163 Å². The molecule has 0 N–H and O–H groups in total. The van der Waals surface area contributed by atoms with Gasteiger partial charge < -0.3 is 9.64 Å². The lowest BCUT2D eigenvalue weighted by Gasteiger charge is -2.42. The number of benzene rings is 2. The van der Waals surface area contributed by atoms with Crippen LogP contribution >= 0.6 is 0 Å². The molecule has 2 aromatic rings. The summed E-state index contributed by atoms with van der Waals surface area (Å²) < 4.78 is 5.28. The molecule has 0 saturated carbocycles. The highest BCUT2D eigenvalue weighted by molar-refractivity contribution is 5.55. The number of fused-ring (bicyclic) bond motifs is 2. The van der Waals surface area contributed by atoms with Crippen molar-refractivity contribution >= 4 is 5.69 Å². The Morgan fingerprint density at radius 3 is 2.52 bits per heavy atom. The van der Waals surface area contributed by atoms with Gasteiger partial charge in [0.25, 0.3) is 0 Å². The van der Waals surface area contributed by atoms with E-state index in [1.807, 2.05) is 0 Å². The molecule has 2 heterocycles. The molecule has 2 aliphatic rings. The smallest absolute Gasteiger partial charge is 0.118 e. The quantitative estimate of drug-likeness (QED) is 0.824. The second-order valence-corrected chi connectivity index (χ2v) is 8.08. The number of hydrogen-bond acceptors (Lipinski definition) is 4. The second kappa shape index (κ2) is 7.91. The van der Waals surface area contributed by atoms with Crippen LogP contribution in [0, 0.1) is 0 Å². The summed E-state index contributed by atoms with van der Waals surface area (Å²) in [6.45, 7) is 11.2. The zero-order valence-corrected chi connectivity index (χ0v) is 16.8. The van der Waals surface area contributed by atoms with Gasteiger partial charge in [0.2, 0.25) is 0 Å². The molecule has 0 aliphatic carbocycles. The van der Waals surface area contributed by atoms with Crippen molar-refractivity contribution in [3.63, 3.8) is 0 Å². The van der Waals surface area contributed by atoms with Crippen molar-refractivity contribution in [2.75, 3.05) is 38.2 Å². The maximum atomic E-state index is 5.28. The highest BCUT2D eigenvalue weighted by atomic mass is 16.5. The minimum Gasteiger partial charge on any atom is -0.497 e. The van der Waals surface area contributed by atoms with Gasteiger partial charge in [-0.1, -0.05) is 30.3 Å². The first-order valence-electron chi connectivity index (χ1n) is 10.1. The second-order valence-electron chi connectivity index (χ2n) is 8.08. The third kappa shape index (κ3) is 3.97. The van der Waals surface area contributed by atoms with Crippen LogP contribution in [0.1, 0.15) is 25.0 Å². The molecule has 1 fully saturated rings. The highest BCUT2D eigenvalue weighted by Gasteiger charge is 2.33. The van der Waals surface area contributed by atoms with Gasteiger partial charge in [0, 0.05) is 57.0 Å². The molecule has 144 valence electrons. The zero-order chi connectivity index (χ0) is 18.8. The number of ether oxygens (including phenoxy) is 1. The topological polar surface area (TPSA) is 19.0 Å². The van der Waals surface area contributed by atoms with Gasteiger partial charge in [-0.3, -0.25) is 9.80 Å². The first kappa shape index (κ1) is 18.3. The van der Waals surface area contributed by atoms with Crippen LogP contribution in [0.25, 0.3) is 0 Å². The van der Waals surface area contributed by atoms with E-state index >= 15 is 0 Å². The summed E-state index contributed by atoms with van der Waals surface area (Å²) in [5.41, 5.74) is 4.25. The van der Waals surface area contributed by atoms with Gasteiger partial charge in [-0.05, 0) is 43.2 Å². The lowest BCUT2D eigenvalue weighted by Crippen LogP contribution is -2.55. The van der Waals surface area contributed by atoms with Gasteiger partial charge in [-0.2, -0.15) is 0 Å². The van der Waals surface area contributed by atoms with Crippen LogP contribution in [0.2, 0.25) is 0 Å². The molecule has 1 saturated heterocycles. The predicted octanol–water partition coefficient (Wildman–Crippen LogP) is 3.61. The van der Waals surface area contributed by atoms with Gasteiger partial charge in [0.1, 0.15) is 5.75 Å². The molecule has 4 rings (SSSR count). The molecule has 4 heteroatoms. The maximum Gasteiger partial charge on any atom is 0.118 e. The van der Waals surface area contributed by atoms with E-state index < -0.39 is 0 Å². The molecule has 0 aromatic heterocycles. The fraction of sp³-hybridized carbons (Fsp3) is 0.478. The van der Waals surface area contributed by atoms with Crippen molar-refractivity contribution in [3.8, 4) is 5.75 Å². The van der Waals surface area contributed by atoms with E-state index in [1.165, 1.54) is 16.8 Å². The Bertz CT molecular complexity index is 758. The maximum absolute atomic E-state index is 5.28. The number of hydrogen-bond donors (Lipinski definition) is 0. The molecule has 0 radical (unpaired) electrons. The Kier molecular flexibility index (Phi) is 5.37. The van der Waals surface area contributed by atoms with Crippen LogP contribution in [0.4, 0.5) is 5.69 Å². The monoisotopic (exact) mass is 365 g/mol. The number of piperazine rings is 1. The van der Waals surface area contributed by atoms with E-state index in [1.54, 1.807) is 7.11 Å². The van der Waals surface area contributed by atoms with E-state index in [-0.39, 0.29) is 0 Å². The van der Waals surface area contributed by atoms with Crippen molar-refractivity contribution in [1.82, 2.24) is 9.80 Å². The number of rotatable bonds is 4. The van der Waals surface area contributed by atoms with Gasteiger partial charge in [0.15, 0.2) is 0 Å². The fourth-order valence-electron chi connectivity index (χ4n) is 4.43. The summed E-state index contributed by atoms with van der Waals surface area (Å²) >= 11 is 0. The van der Waals surface area contributed by atoms with Crippen molar-refractivity contribution in [2.45, 2.75) is 39.0 Å². The average molecular weight is 366 g/mol. The number of nitrogens with zero attached hydrogens (tertiary/aromatic N) is 3. The third-order valence-electron chi connectivity index (χ3n) is 5.96. The van der Waals surface area contributed by atoms with Crippen LogP contribution < -0.4 is 9.64 Å². The standard InChI is InChI=1S/C23H31N3O/c1-18(2)26-17-21-16-24(14-19-8-10-22(27-3)11-9-19)12-13-25(21)15-20-6-4-5-7-23(20)26/h4-11,18,21H,12-17H2,1-3H3.